The minimum Gasteiger partial charge on any atom is -0.357 e. The van der Waals surface area contributed by atoms with Gasteiger partial charge in [-0.05, 0) is 40.5 Å². The standard InChI is InChI=1S/C16H32N4O3S/c1-5-17-15(19-10-13-24(22,23)16(2,3)4)18-9-7-12-20-11-6-8-14(20)21/h5-13H2,1-4H3,(H2,17,18,19). The predicted molar refractivity (Wildman–Crippen MR) is 98.0 cm³/mol. The highest BCUT2D eigenvalue weighted by atomic mass is 32.2. The Balaban J connectivity index is 2.38. The second-order valence-corrected chi connectivity index (χ2v) is 9.82. The van der Waals surface area contributed by atoms with E-state index in [2.05, 4.69) is 15.6 Å². The molecule has 0 aromatic rings. The Hall–Kier alpha value is -1.31. The van der Waals surface area contributed by atoms with Gasteiger partial charge in [0, 0.05) is 39.1 Å². The highest BCUT2D eigenvalue weighted by Crippen LogP contribution is 2.15. The first kappa shape index (κ1) is 20.7. The summed E-state index contributed by atoms with van der Waals surface area (Å²) in [6, 6.07) is 0. The number of hydrogen-bond donors (Lipinski definition) is 2. The van der Waals surface area contributed by atoms with Crippen LogP contribution in [0.2, 0.25) is 0 Å². The summed E-state index contributed by atoms with van der Waals surface area (Å²) in [6.07, 6.45) is 2.42. The first-order valence-electron chi connectivity index (χ1n) is 8.69. The van der Waals surface area contributed by atoms with Crippen molar-refractivity contribution in [3.63, 3.8) is 0 Å². The second kappa shape index (κ2) is 9.25. The summed E-state index contributed by atoms with van der Waals surface area (Å²) in [5, 5.41) is 6.17. The summed E-state index contributed by atoms with van der Waals surface area (Å²) in [5.41, 5.74) is 0. The number of nitrogens with one attached hydrogen (secondary N) is 2. The molecule has 0 bridgehead atoms. The van der Waals surface area contributed by atoms with Crippen molar-refractivity contribution < 1.29 is 13.2 Å². The fraction of sp³-hybridized carbons (Fsp3) is 0.875. The average Bonchev–Trinajstić information content (AvgIpc) is 2.87. The normalized spacial score (nSPS) is 16.6. The van der Waals surface area contributed by atoms with E-state index >= 15 is 0 Å². The van der Waals surface area contributed by atoms with Crippen LogP contribution >= 0.6 is 0 Å². The predicted octanol–water partition coefficient (Wildman–Crippen LogP) is 0.767. The average molecular weight is 361 g/mol. The fourth-order valence-electron chi connectivity index (χ4n) is 2.34. The van der Waals surface area contributed by atoms with E-state index < -0.39 is 14.6 Å². The number of amides is 1. The van der Waals surface area contributed by atoms with E-state index in [0.29, 0.717) is 32.0 Å². The van der Waals surface area contributed by atoms with Gasteiger partial charge in [0.2, 0.25) is 5.91 Å². The van der Waals surface area contributed by atoms with Crippen LogP contribution in [-0.2, 0) is 14.6 Å². The summed E-state index contributed by atoms with van der Waals surface area (Å²) >= 11 is 0. The molecule has 0 saturated carbocycles. The van der Waals surface area contributed by atoms with Crippen molar-refractivity contribution in [3.05, 3.63) is 0 Å². The van der Waals surface area contributed by atoms with Gasteiger partial charge < -0.3 is 15.5 Å². The molecule has 0 aromatic heterocycles. The first-order chi connectivity index (χ1) is 11.2. The van der Waals surface area contributed by atoms with Crippen molar-refractivity contribution in [1.82, 2.24) is 15.5 Å². The molecule has 0 spiro atoms. The van der Waals surface area contributed by atoms with Crippen molar-refractivity contribution >= 4 is 21.7 Å². The van der Waals surface area contributed by atoms with E-state index in [4.69, 9.17) is 0 Å². The molecule has 7 nitrogen and oxygen atoms in total. The van der Waals surface area contributed by atoms with E-state index in [1.807, 2.05) is 11.8 Å². The third-order valence-corrected chi connectivity index (χ3v) is 6.58. The van der Waals surface area contributed by atoms with Gasteiger partial charge in [0.25, 0.3) is 0 Å². The molecular weight excluding hydrogens is 328 g/mol. The zero-order valence-corrected chi connectivity index (χ0v) is 16.2. The molecule has 1 amide bonds. The van der Waals surface area contributed by atoms with E-state index in [0.717, 1.165) is 25.9 Å². The Labute approximate surface area is 146 Å². The molecule has 0 radical (unpaired) electrons. The molecule has 0 unspecified atom stereocenters. The van der Waals surface area contributed by atoms with Crippen molar-refractivity contribution in [2.24, 2.45) is 4.99 Å². The minimum atomic E-state index is -3.14. The number of nitrogens with zero attached hydrogens (tertiary/aromatic N) is 2. The number of rotatable bonds is 8. The maximum absolute atomic E-state index is 12.1. The molecule has 1 rings (SSSR count). The zero-order valence-electron chi connectivity index (χ0n) is 15.4. The highest BCUT2D eigenvalue weighted by Gasteiger charge is 2.28. The summed E-state index contributed by atoms with van der Waals surface area (Å²) in [6.45, 7) is 10.3. The van der Waals surface area contributed by atoms with Gasteiger partial charge in [-0.2, -0.15) is 0 Å². The number of sulfone groups is 1. The number of hydrogen-bond acceptors (Lipinski definition) is 4. The molecule has 1 aliphatic rings. The molecule has 0 atom stereocenters. The van der Waals surface area contributed by atoms with Crippen LogP contribution in [0.3, 0.4) is 0 Å². The molecule has 0 aromatic carbocycles. The molecule has 1 heterocycles. The van der Waals surface area contributed by atoms with E-state index in [1.165, 1.54) is 0 Å². The van der Waals surface area contributed by atoms with Gasteiger partial charge in [-0.15, -0.1) is 0 Å². The molecular formula is C16H32N4O3S. The van der Waals surface area contributed by atoms with Crippen molar-refractivity contribution in [3.8, 4) is 0 Å². The van der Waals surface area contributed by atoms with Gasteiger partial charge in [-0.1, -0.05) is 0 Å². The summed E-state index contributed by atoms with van der Waals surface area (Å²) in [7, 11) is -3.14. The number of carbonyl (C=O) groups excluding carboxylic acids is 1. The third-order valence-electron chi connectivity index (χ3n) is 3.97. The largest absolute Gasteiger partial charge is 0.357 e. The van der Waals surface area contributed by atoms with Crippen LogP contribution in [0.25, 0.3) is 0 Å². The van der Waals surface area contributed by atoms with Gasteiger partial charge in [0.1, 0.15) is 0 Å². The van der Waals surface area contributed by atoms with E-state index in [9.17, 15) is 13.2 Å². The Morgan fingerprint density at radius 3 is 2.54 bits per heavy atom. The molecule has 24 heavy (non-hydrogen) atoms. The van der Waals surface area contributed by atoms with Crippen LogP contribution < -0.4 is 10.6 Å². The molecule has 2 N–H and O–H groups in total. The number of aliphatic imine (C=N–C) groups is 1. The molecule has 1 saturated heterocycles. The Kier molecular flexibility index (Phi) is 7.99. The summed E-state index contributed by atoms with van der Waals surface area (Å²) in [4.78, 5) is 17.9. The van der Waals surface area contributed by atoms with Gasteiger partial charge >= 0.3 is 0 Å². The maximum Gasteiger partial charge on any atom is 0.222 e. The monoisotopic (exact) mass is 360 g/mol. The Bertz CT molecular complexity index is 538. The smallest absolute Gasteiger partial charge is 0.222 e. The Morgan fingerprint density at radius 1 is 1.29 bits per heavy atom. The second-order valence-electron chi connectivity index (χ2n) is 6.96. The third kappa shape index (κ3) is 6.67. The van der Waals surface area contributed by atoms with Gasteiger partial charge in [-0.25, -0.2) is 8.42 Å². The lowest BCUT2D eigenvalue weighted by molar-refractivity contribution is -0.127. The van der Waals surface area contributed by atoms with Gasteiger partial charge in [0.15, 0.2) is 15.8 Å². The summed E-state index contributed by atoms with van der Waals surface area (Å²) < 4.78 is 23.4. The Morgan fingerprint density at radius 2 is 2.00 bits per heavy atom. The fourth-order valence-corrected chi connectivity index (χ4v) is 3.33. The lowest BCUT2D eigenvalue weighted by Crippen LogP contribution is -2.42. The van der Waals surface area contributed by atoms with E-state index in [-0.39, 0.29) is 11.7 Å². The number of likely N-dealkylation sites (tertiary alicyclic amines) is 1. The van der Waals surface area contributed by atoms with Crippen LogP contribution in [0.15, 0.2) is 4.99 Å². The lowest BCUT2D eigenvalue weighted by atomic mass is 10.3. The number of carbonyl (C=O) groups is 1. The lowest BCUT2D eigenvalue weighted by Gasteiger charge is -2.20. The first-order valence-corrected chi connectivity index (χ1v) is 10.3. The number of guanidine groups is 1. The van der Waals surface area contributed by atoms with Crippen molar-refractivity contribution in [1.29, 1.82) is 0 Å². The van der Waals surface area contributed by atoms with Crippen LogP contribution in [0.1, 0.15) is 47.0 Å². The molecule has 1 aliphatic heterocycles. The quantitative estimate of drug-likeness (QED) is 0.379. The molecule has 140 valence electrons. The van der Waals surface area contributed by atoms with Crippen LogP contribution in [0.4, 0.5) is 0 Å². The van der Waals surface area contributed by atoms with Crippen LogP contribution in [0.5, 0.6) is 0 Å². The van der Waals surface area contributed by atoms with Crippen LogP contribution in [-0.4, -0.2) is 68.4 Å². The van der Waals surface area contributed by atoms with Crippen molar-refractivity contribution in [2.45, 2.75) is 51.7 Å². The van der Waals surface area contributed by atoms with E-state index in [1.54, 1.807) is 20.8 Å². The van der Waals surface area contributed by atoms with Crippen molar-refractivity contribution in [2.75, 3.05) is 38.5 Å². The van der Waals surface area contributed by atoms with Gasteiger partial charge in [-0.3, -0.25) is 9.79 Å². The molecule has 8 heteroatoms. The zero-order chi connectivity index (χ0) is 18.2. The molecule has 0 aliphatic carbocycles. The topological polar surface area (TPSA) is 90.9 Å². The highest BCUT2D eigenvalue weighted by molar-refractivity contribution is 7.92. The SMILES string of the molecule is CCNC(=NCCCN1CCCC1=O)NCCS(=O)(=O)C(C)(C)C. The maximum atomic E-state index is 12.1. The minimum absolute atomic E-state index is 0.0726. The van der Waals surface area contributed by atoms with Gasteiger partial charge in [0.05, 0.1) is 10.5 Å². The van der Waals surface area contributed by atoms with Crippen LogP contribution in [0, 0.1) is 0 Å². The summed E-state index contributed by atoms with van der Waals surface area (Å²) in [5.74, 6) is 0.925. The molecule has 1 fully saturated rings.